The molecule has 0 aliphatic carbocycles. The lowest BCUT2D eigenvalue weighted by atomic mass is 10.0. The van der Waals surface area contributed by atoms with E-state index in [2.05, 4.69) is 15.2 Å². The van der Waals surface area contributed by atoms with Gasteiger partial charge in [-0.1, -0.05) is 22.8 Å². The number of rotatable bonds is 5. The average molecular weight is 473 g/mol. The van der Waals surface area contributed by atoms with Crippen LogP contribution in [0, 0.1) is 5.82 Å². The molecule has 4 rings (SSSR count). The fourth-order valence-corrected chi connectivity index (χ4v) is 4.09. The quantitative estimate of drug-likeness (QED) is 0.387. The van der Waals surface area contributed by atoms with Gasteiger partial charge >= 0.3 is 6.18 Å². The van der Waals surface area contributed by atoms with E-state index >= 15 is 0 Å². The molecule has 162 valence electrons. The van der Waals surface area contributed by atoms with Gasteiger partial charge in [0.25, 0.3) is 0 Å². The predicted molar refractivity (Wildman–Crippen MR) is 106 cm³/mol. The second-order valence-electron chi connectivity index (χ2n) is 6.60. The number of benzene rings is 1. The minimum absolute atomic E-state index is 0.0125. The number of hydrogen-bond donors (Lipinski definition) is 1. The van der Waals surface area contributed by atoms with Crippen molar-refractivity contribution in [2.24, 2.45) is 0 Å². The highest BCUT2D eigenvalue weighted by molar-refractivity contribution is 7.13. The minimum Gasteiger partial charge on any atom is -0.391 e. The van der Waals surface area contributed by atoms with Gasteiger partial charge < -0.3 is 9.63 Å². The predicted octanol–water partition coefficient (Wildman–Crippen LogP) is 5.52. The van der Waals surface area contributed by atoms with Crippen molar-refractivity contribution in [3.63, 3.8) is 0 Å². The molecule has 3 aromatic heterocycles. The molecule has 0 aliphatic rings. The number of aliphatic hydroxyl groups is 1. The van der Waals surface area contributed by atoms with E-state index < -0.39 is 29.4 Å². The molecule has 0 unspecified atom stereocenters. The highest BCUT2D eigenvalue weighted by Gasteiger charge is 2.41. The van der Waals surface area contributed by atoms with E-state index in [0.717, 1.165) is 23.6 Å². The summed E-state index contributed by atoms with van der Waals surface area (Å²) >= 11 is 7.27. The highest BCUT2D eigenvalue weighted by atomic mass is 35.5. The summed E-state index contributed by atoms with van der Waals surface area (Å²) in [6.07, 6.45) is -3.47. The Morgan fingerprint density at radius 3 is 2.68 bits per heavy atom. The third-order valence-corrected chi connectivity index (χ3v) is 5.43. The fraction of sp³-hybridized carbons (Fsp3) is 0.211. The number of aromatic nitrogens is 4. The van der Waals surface area contributed by atoms with Gasteiger partial charge in [-0.05, 0) is 19.1 Å². The van der Waals surface area contributed by atoms with Crippen molar-refractivity contribution in [1.29, 1.82) is 0 Å². The molecule has 12 heteroatoms. The van der Waals surface area contributed by atoms with E-state index in [-0.39, 0.29) is 39.2 Å². The number of alkyl halides is 3. The maximum absolute atomic E-state index is 14.6. The van der Waals surface area contributed by atoms with E-state index in [4.69, 9.17) is 16.1 Å². The van der Waals surface area contributed by atoms with Crippen LogP contribution >= 0.6 is 22.9 Å². The van der Waals surface area contributed by atoms with Crippen LogP contribution < -0.4 is 0 Å². The van der Waals surface area contributed by atoms with Crippen molar-refractivity contribution in [2.45, 2.75) is 25.7 Å². The molecule has 3 heterocycles. The van der Waals surface area contributed by atoms with Crippen LogP contribution in [-0.4, -0.2) is 31.1 Å². The van der Waals surface area contributed by atoms with Crippen molar-refractivity contribution >= 4 is 22.9 Å². The van der Waals surface area contributed by atoms with Crippen LogP contribution in [0.3, 0.4) is 0 Å². The molecule has 0 bridgehead atoms. The summed E-state index contributed by atoms with van der Waals surface area (Å²) in [5.41, 5.74) is -1.68. The Balaban J connectivity index is 2.00. The largest absolute Gasteiger partial charge is 0.433 e. The lowest BCUT2D eigenvalue weighted by Crippen LogP contribution is -2.20. The molecule has 0 radical (unpaired) electrons. The molecule has 31 heavy (non-hydrogen) atoms. The molecule has 0 amide bonds. The molecule has 0 spiro atoms. The standard InChI is InChI=1S/C19H13ClF4N4O2S/c1-9(29)8-28-17(19(22,23)24)10(7-26-28)16-14(18-25-5-6-31-18)15(27-30-16)13-11(20)3-2-4-12(13)21/h2-7,9,29H,8H2,1H3/t9-/m0/s1. The molecule has 4 aromatic rings. The first-order valence-electron chi connectivity index (χ1n) is 8.83. The van der Waals surface area contributed by atoms with Crippen LogP contribution in [-0.2, 0) is 12.7 Å². The Labute approximate surface area is 181 Å². The Morgan fingerprint density at radius 2 is 2.06 bits per heavy atom. The highest BCUT2D eigenvalue weighted by Crippen LogP contribution is 2.46. The van der Waals surface area contributed by atoms with E-state index in [1.54, 1.807) is 5.38 Å². The Kier molecular flexibility index (Phi) is 5.58. The average Bonchev–Trinajstić information content (AvgIpc) is 3.38. The van der Waals surface area contributed by atoms with Gasteiger partial charge in [-0.2, -0.15) is 18.3 Å². The Hall–Kier alpha value is -2.76. The molecular weight excluding hydrogens is 460 g/mol. The van der Waals surface area contributed by atoms with Gasteiger partial charge in [0.2, 0.25) is 0 Å². The summed E-state index contributed by atoms with van der Waals surface area (Å²) in [5, 5.41) is 19.1. The van der Waals surface area contributed by atoms with E-state index in [9.17, 15) is 22.7 Å². The van der Waals surface area contributed by atoms with Crippen LogP contribution in [0.2, 0.25) is 5.02 Å². The molecule has 6 nitrogen and oxygen atoms in total. The van der Waals surface area contributed by atoms with E-state index in [1.807, 2.05) is 0 Å². The summed E-state index contributed by atoms with van der Waals surface area (Å²) in [5.74, 6) is -1.00. The van der Waals surface area contributed by atoms with Crippen LogP contribution in [0.1, 0.15) is 12.6 Å². The zero-order valence-electron chi connectivity index (χ0n) is 15.7. The summed E-state index contributed by atoms with van der Waals surface area (Å²) in [6.45, 7) is 0.955. The molecule has 1 atom stereocenters. The van der Waals surface area contributed by atoms with Crippen molar-refractivity contribution in [1.82, 2.24) is 19.9 Å². The van der Waals surface area contributed by atoms with Gasteiger partial charge in [0.1, 0.15) is 16.5 Å². The number of nitrogens with zero attached hydrogens (tertiary/aromatic N) is 4. The summed E-state index contributed by atoms with van der Waals surface area (Å²) in [7, 11) is 0. The number of thiazole rings is 1. The van der Waals surface area contributed by atoms with Crippen LogP contribution in [0.4, 0.5) is 17.6 Å². The van der Waals surface area contributed by atoms with Gasteiger partial charge in [0.15, 0.2) is 11.5 Å². The molecule has 0 fully saturated rings. The maximum Gasteiger partial charge on any atom is 0.433 e. The van der Waals surface area contributed by atoms with Gasteiger partial charge in [0.05, 0.1) is 40.6 Å². The van der Waals surface area contributed by atoms with Gasteiger partial charge in [-0.25, -0.2) is 9.37 Å². The minimum atomic E-state index is -4.82. The fourth-order valence-electron chi connectivity index (χ4n) is 3.15. The smallest absolute Gasteiger partial charge is 0.391 e. The molecule has 1 N–H and O–H groups in total. The third-order valence-electron chi connectivity index (χ3n) is 4.33. The van der Waals surface area contributed by atoms with Crippen molar-refractivity contribution < 1.29 is 27.2 Å². The zero-order chi connectivity index (χ0) is 22.3. The number of aliphatic hydroxyl groups excluding tert-OH is 1. The van der Waals surface area contributed by atoms with E-state index in [0.29, 0.717) is 4.68 Å². The molecule has 0 saturated carbocycles. The molecule has 0 aliphatic heterocycles. The number of halogens is 5. The maximum atomic E-state index is 14.6. The summed E-state index contributed by atoms with van der Waals surface area (Å²) in [6, 6.07) is 3.98. The van der Waals surface area contributed by atoms with Crippen LogP contribution in [0.25, 0.3) is 33.2 Å². The van der Waals surface area contributed by atoms with Crippen LogP contribution in [0.5, 0.6) is 0 Å². The lowest BCUT2D eigenvalue weighted by Gasteiger charge is -2.13. The Morgan fingerprint density at radius 1 is 1.29 bits per heavy atom. The monoisotopic (exact) mass is 472 g/mol. The normalized spacial score (nSPS) is 13.0. The number of hydrogen-bond acceptors (Lipinski definition) is 6. The summed E-state index contributed by atoms with van der Waals surface area (Å²) in [4.78, 5) is 4.14. The topological polar surface area (TPSA) is 77.0 Å². The van der Waals surface area contributed by atoms with Crippen molar-refractivity contribution in [3.05, 3.63) is 52.5 Å². The van der Waals surface area contributed by atoms with Gasteiger partial charge in [-0.15, -0.1) is 11.3 Å². The lowest BCUT2D eigenvalue weighted by molar-refractivity contribution is -0.144. The second kappa shape index (κ2) is 8.06. The van der Waals surface area contributed by atoms with E-state index in [1.165, 1.54) is 25.3 Å². The molecular formula is C19H13ClF4N4O2S. The summed E-state index contributed by atoms with van der Waals surface area (Å²) < 4.78 is 62.3. The van der Waals surface area contributed by atoms with Gasteiger partial charge in [-0.3, -0.25) is 4.68 Å². The molecule has 0 saturated heterocycles. The van der Waals surface area contributed by atoms with Crippen molar-refractivity contribution in [2.75, 3.05) is 0 Å². The first-order valence-corrected chi connectivity index (χ1v) is 10.1. The zero-order valence-corrected chi connectivity index (χ0v) is 17.3. The van der Waals surface area contributed by atoms with Crippen LogP contribution in [0.15, 0.2) is 40.5 Å². The third kappa shape index (κ3) is 3.95. The first kappa shape index (κ1) is 21.5. The second-order valence-corrected chi connectivity index (χ2v) is 7.91. The van der Waals surface area contributed by atoms with Crippen molar-refractivity contribution in [3.8, 4) is 33.2 Å². The SMILES string of the molecule is C[C@H](O)Cn1ncc(-c2onc(-c3c(F)cccc3Cl)c2-c2nccs2)c1C(F)(F)F. The molecule has 1 aromatic carbocycles. The first-order chi connectivity index (χ1) is 14.7. The van der Waals surface area contributed by atoms with Gasteiger partial charge in [0, 0.05) is 11.6 Å². The Bertz CT molecular complexity index is 1200.